The fraction of sp³-hybridized carbons (Fsp3) is 0.625. The van der Waals surface area contributed by atoms with Crippen LogP contribution in [0.4, 0.5) is 0 Å². The van der Waals surface area contributed by atoms with Crippen molar-refractivity contribution in [3.63, 3.8) is 0 Å². The van der Waals surface area contributed by atoms with Gasteiger partial charge in [0.25, 0.3) is 0 Å². The Hall–Kier alpha value is -0.510. The van der Waals surface area contributed by atoms with E-state index in [1.54, 1.807) is 0 Å². The molecule has 0 radical (unpaired) electrons. The van der Waals surface area contributed by atoms with Crippen LogP contribution in [0.2, 0.25) is 0 Å². The molecule has 0 saturated carbocycles. The predicted octanol–water partition coefficient (Wildman–Crippen LogP) is 3.26. The minimum atomic E-state index is -0.338. The molecular weight excluding hydrogens is 254 g/mol. The molecule has 0 aromatic heterocycles. The van der Waals surface area contributed by atoms with E-state index >= 15 is 0 Å². The number of benzene rings is 1. The lowest BCUT2D eigenvalue weighted by Gasteiger charge is -2.35. The maximum atomic E-state index is 9.97. The molecule has 2 nitrogen and oxygen atoms in total. The summed E-state index contributed by atoms with van der Waals surface area (Å²) in [5, 5.41) is 13.5. The fourth-order valence-electron chi connectivity index (χ4n) is 2.17. The topological polar surface area (TPSA) is 32.3 Å². The van der Waals surface area contributed by atoms with Crippen LogP contribution in [0.25, 0.3) is 0 Å². The fourth-order valence-corrected chi connectivity index (χ4v) is 3.45. The number of thioether (sulfide) groups is 1. The number of hydrogen-bond acceptors (Lipinski definition) is 3. The molecule has 0 fully saturated rings. The van der Waals surface area contributed by atoms with Gasteiger partial charge in [-0.3, -0.25) is 0 Å². The van der Waals surface area contributed by atoms with E-state index in [2.05, 4.69) is 45.1 Å². The molecule has 19 heavy (non-hydrogen) atoms. The Balaban J connectivity index is 2.88. The van der Waals surface area contributed by atoms with Gasteiger partial charge in [0.2, 0.25) is 0 Å². The van der Waals surface area contributed by atoms with E-state index in [0.29, 0.717) is 12.0 Å². The van der Waals surface area contributed by atoms with Crippen LogP contribution in [-0.4, -0.2) is 29.3 Å². The second-order valence-electron chi connectivity index (χ2n) is 5.81. The van der Waals surface area contributed by atoms with E-state index in [1.165, 1.54) is 5.56 Å². The monoisotopic (exact) mass is 281 g/mol. The third-order valence-corrected chi connectivity index (χ3v) is 4.56. The molecule has 1 aromatic carbocycles. The summed E-state index contributed by atoms with van der Waals surface area (Å²) in [7, 11) is 0. The van der Waals surface area contributed by atoms with Gasteiger partial charge in [-0.15, -0.1) is 0 Å². The lowest BCUT2D eigenvalue weighted by molar-refractivity contribution is 0.169. The van der Waals surface area contributed by atoms with Crippen molar-refractivity contribution in [1.29, 1.82) is 0 Å². The second kappa shape index (κ2) is 7.93. The van der Waals surface area contributed by atoms with E-state index in [0.717, 1.165) is 11.5 Å². The SMILES string of the molecule is CC(C)CSCC(CO)(NC(C)C)c1ccccc1. The Labute approximate surface area is 122 Å². The van der Waals surface area contributed by atoms with Crippen molar-refractivity contribution in [3.8, 4) is 0 Å². The lowest BCUT2D eigenvalue weighted by atomic mass is 9.92. The van der Waals surface area contributed by atoms with Crippen molar-refractivity contribution in [2.45, 2.75) is 39.3 Å². The molecule has 3 heteroatoms. The molecule has 0 heterocycles. The molecule has 0 aliphatic rings. The Morgan fingerprint density at radius 3 is 2.26 bits per heavy atom. The molecule has 1 rings (SSSR count). The van der Waals surface area contributed by atoms with E-state index in [1.807, 2.05) is 30.0 Å². The van der Waals surface area contributed by atoms with Gasteiger partial charge < -0.3 is 10.4 Å². The molecule has 1 aromatic rings. The Morgan fingerprint density at radius 1 is 1.16 bits per heavy atom. The van der Waals surface area contributed by atoms with Crippen LogP contribution in [0.5, 0.6) is 0 Å². The van der Waals surface area contributed by atoms with Gasteiger partial charge in [0.15, 0.2) is 0 Å². The van der Waals surface area contributed by atoms with Crippen molar-refractivity contribution in [3.05, 3.63) is 35.9 Å². The first-order valence-electron chi connectivity index (χ1n) is 7.02. The minimum absolute atomic E-state index is 0.125. The predicted molar refractivity (Wildman–Crippen MR) is 85.6 cm³/mol. The zero-order valence-corrected chi connectivity index (χ0v) is 13.3. The zero-order valence-electron chi connectivity index (χ0n) is 12.5. The molecule has 0 amide bonds. The van der Waals surface area contributed by atoms with Crippen LogP contribution < -0.4 is 5.32 Å². The van der Waals surface area contributed by atoms with E-state index < -0.39 is 0 Å². The van der Waals surface area contributed by atoms with Gasteiger partial charge in [0, 0.05) is 11.8 Å². The first-order valence-corrected chi connectivity index (χ1v) is 8.17. The smallest absolute Gasteiger partial charge is 0.0762 e. The van der Waals surface area contributed by atoms with Gasteiger partial charge in [-0.2, -0.15) is 11.8 Å². The van der Waals surface area contributed by atoms with Crippen LogP contribution in [0.15, 0.2) is 30.3 Å². The number of aliphatic hydroxyl groups is 1. The molecule has 1 atom stereocenters. The average Bonchev–Trinajstić information content (AvgIpc) is 2.37. The van der Waals surface area contributed by atoms with E-state index in [-0.39, 0.29) is 12.1 Å². The molecular formula is C16H27NOS. The normalized spacial score (nSPS) is 14.9. The highest BCUT2D eigenvalue weighted by molar-refractivity contribution is 7.99. The van der Waals surface area contributed by atoms with Crippen molar-refractivity contribution < 1.29 is 5.11 Å². The van der Waals surface area contributed by atoms with Crippen molar-refractivity contribution in [2.75, 3.05) is 18.1 Å². The summed E-state index contributed by atoms with van der Waals surface area (Å²) in [5.74, 6) is 2.69. The zero-order chi connectivity index (χ0) is 14.3. The lowest BCUT2D eigenvalue weighted by Crippen LogP contribution is -2.51. The van der Waals surface area contributed by atoms with Crippen LogP contribution in [0, 0.1) is 5.92 Å². The van der Waals surface area contributed by atoms with Gasteiger partial charge in [0.1, 0.15) is 0 Å². The van der Waals surface area contributed by atoms with Crippen LogP contribution in [-0.2, 0) is 5.54 Å². The molecule has 2 N–H and O–H groups in total. The van der Waals surface area contributed by atoms with Gasteiger partial charge in [-0.05, 0) is 31.1 Å². The van der Waals surface area contributed by atoms with Gasteiger partial charge in [-0.25, -0.2) is 0 Å². The molecule has 0 spiro atoms. The number of rotatable bonds is 8. The molecule has 108 valence electrons. The van der Waals surface area contributed by atoms with Gasteiger partial charge >= 0.3 is 0 Å². The van der Waals surface area contributed by atoms with Crippen LogP contribution >= 0.6 is 11.8 Å². The summed E-state index contributed by atoms with van der Waals surface area (Å²) < 4.78 is 0. The summed E-state index contributed by atoms with van der Waals surface area (Å²) in [4.78, 5) is 0. The summed E-state index contributed by atoms with van der Waals surface area (Å²) in [5.41, 5.74) is 0.831. The van der Waals surface area contributed by atoms with Gasteiger partial charge in [-0.1, -0.05) is 44.2 Å². The number of aliphatic hydroxyl groups excluding tert-OH is 1. The summed E-state index contributed by atoms with van der Waals surface area (Å²) in [6.45, 7) is 8.83. The van der Waals surface area contributed by atoms with Crippen molar-refractivity contribution in [1.82, 2.24) is 5.32 Å². The van der Waals surface area contributed by atoms with E-state index in [4.69, 9.17) is 0 Å². The second-order valence-corrected chi connectivity index (χ2v) is 6.84. The molecule has 0 bridgehead atoms. The first-order chi connectivity index (χ1) is 9.00. The highest BCUT2D eigenvalue weighted by atomic mass is 32.2. The Bertz CT molecular complexity index is 353. The quantitative estimate of drug-likeness (QED) is 0.767. The standard InChI is InChI=1S/C16H27NOS/c1-13(2)10-19-12-16(11-18,17-14(3)4)15-8-6-5-7-9-15/h5-9,13-14,17-18H,10-12H2,1-4H3. The molecule has 0 aliphatic heterocycles. The Kier molecular flexibility index (Phi) is 6.90. The summed E-state index contributed by atoms with van der Waals surface area (Å²) in [6.07, 6.45) is 0. The van der Waals surface area contributed by atoms with Crippen LogP contribution in [0.1, 0.15) is 33.3 Å². The van der Waals surface area contributed by atoms with E-state index in [9.17, 15) is 5.11 Å². The number of hydrogen-bond donors (Lipinski definition) is 2. The molecule has 1 unspecified atom stereocenters. The Morgan fingerprint density at radius 2 is 1.79 bits per heavy atom. The van der Waals surface area contributed by atoms with Crippen molar-refractivity contribution >= 4 is 11.8 Å². The third-order valence-electron chi connectivity index (χ3n) is 2.96. The first kappa shape index (κ1) is 16.5. The molecule has 0 aliphatic carbocycles. The maximum Gasteiger partial charge on any atom is 0.0762 e. The van der Waals surface area contributed by atoms with Crippen LogP contribution in [0.3, 0.4) is 0 Å². The largest absolute Gasteiger partial charge is 0.394 e. The maximum absolute atomic E-state index is 9.97. The average molecular weight is 281 g/mol. The minimum Gasteiger partial charge on any atom is -0.394 e. The summed E-state index contributed by atoms with van der Waals surface area (Å²) in [6, 6.07) is 10.6. The van der Waals surface area contributed by atoms with Gasteiger partial charge in [0.05, 0.1) is 12.1 Å². The molecule has 0 saturated heterocycles. The highest BCUT2D eigenvalue weighted by Gasteiger charge is 2.31. The third kappa shape index (κ3) is 5.17. The highest BCUT2D eigenvalue weighted by Crippen LogP contribution is 2.27. The number of nitrogens with one attached hydrogen (secondary N) is 1. The van der Waals surface area contributed by atoms with Crippen molar-refractivity contribution in [2.24, 2.45) is 5.92 Å². The summed E-state index contributed by atoms with van der Waals surface area (Å²) >= 11 is 1.91.